The fourth-order valence-electron chi connectivity index (χ4n) is 5.38. The number of methoxy groups -OCH3 is 1. The summed E-state index contributed by atoms with van der Waals surface area (Å²) in [6, 6.07) is 0.761. The van der Waals surface area contributed by atoms with Crippen molar-refractivity contribution in [3.8, 4) is 0 Å². The Morgan fingerprint density at radius 1 is 0.925 bits per heavy atom. The molecule has 0 aromatic rings. The number of halogens is 6. The number of carbonyl (C=O) groups is 2. The summed E-state index contributed by atoms with van der Waals surface area (Å²) in [6.07, 6.45) is -2.27. The third kappa shape index (κ3) is 11.7. The first kappa shape index (κ1) is 34.5. The molecule has 4 rings (SSSR count). The summed E-state index contributed by atoms with van der Waals surface area (Å²) in [4.78, 5) is 23.2. The predicted molar refractivity (Wildman–Crippen MR) is 130 cm³/mol. The van der Waals surface area contributed by atoms with E-state index in [1.807, 2.05) is 7.11 Å². The summed E-state index contributed by atoms with van der Waals surface area (Å²) >= 11 is 0. The second kappa shape index (κ2) is 15.5. The van der Waals surface area contributed by atoms with Gasteiger partial charge in [-0.25, -0.2) is 9.59 Å². The normalized spacial score (nSPS) is 24.1. The average molecular weight is 595 g/mol. The van der Waals surface area contributed by atoms with Crippen molar-refractivity contribution in [2.24, 2.45) is 17.3 Å². The van der Waals surface area contributed by atoms with Crippen LogP contribution in [-0.4, -0.2) is 123 Å². The quantitative estimate of drug-likeness (QED) is 0.408. The highest BCUT2D eigenvalue weighted by atomic mass is 19.4. The molecule has 1 aliphatic carbocycles. The van der Waals surface area contributed by atoms with Crippen molar-refractivity contribution in [3.05, 3.63) is 0 Å². The van der Waals surface area contributed by atoms with Crippen LogP contribution in [0.25, 0.3) is 0 Å². The smallest absolute Gasteiger partial charge is 0.475 e. The van der Waals surface area contributed by atoms with Gasteiger partial charge in [0.25, 0.3) is 0 Å². The van der Waals surface area contributed by atoms with Gasteiger partial charge < -0.3 is 34.2 Å². The van der Waals surface area contributed by atoms with Crippen molar-refractivity contribution in [1.82, 2.24) is 9.80 Å². The Balaban J connectivity index is 0.000000333. The van der Waals surface area contributed by atoms with Crippen LogP contribution < -0.4 is 0 Å². The SMILES string of the molecule is COCCN1CC(COCC2CC2)C2(CCN(C3CCOCC3)CC2)C1.O=C(O)C(F)(F)F.O=C(O)C(F)(F)F. The molecule has 3 heterocycles. The second-order valence-corrected chi connectivity index (χ2v) is 10.8. The van der Waals surface area contributed by atoms with Gasteiger partial charge in [-0.1, -0.05) is 0 Å². The lowest BCUT2D eigenvalue weighted by Gasteiger charge is -2.46. The van der Waals surface area contributed by atoms with Gasteiger partial charge in [0.05, 0.1) is 13.2 Å². The van der Waals surface area contributed by atoms with E-state index in [2.05, 4.69) is 9.80 Å². The van der Waals surface area contributed by atoms with Gasteiger partial charge in [0, 0.05) is 58.5 Å². The van der Waals surface area contributed by atoms with E-state index in [-0.39, 0.29) is 0 Å². The van der Waals surface area contributed by atoms with Gasteiger partial charge in [0.15, 0.2) is 0 Å². The van der Waals surface area contributed by atoms with Crippen molar-refractivity contribution in [3.63, 3.8) is 0 Å². The standard InChI is InChI=1S/C21H38N2O3.2C2HF3O2/c1-24-13-10-22-14-19(16-26-15-18-2-3-18)21(17-22)6-8-23(9-7-21)20-4-11-25-12-5-20;2*3-2(4,5)1(6)7/h18-20H,2-17H2,1H3;2*(H,6,7). The van der Waals surface area contributed by atoms with Gasteiger partial charge >= 0.3 is 24.3 Å². The Morgan fingerprint density at radius 3 is 1.90 bits per heavy atom. The maximum absolute atomic E-state index is 10.6. The number of carboxylic acid groups (broad SMARTS) is 2. The Labute approximate surface area is 229 Å². The molecule has 9 nitrogen and oxygen atoms in total. The molecular formula is C25H40F6N2O7. The molecule has 40 heavy (non-hydrogen) atoms. The number of hydrogen-bond acceptors (Lipinski definition) is 7. The first-order valence-corrected chi connectivity index (χ1v) is 13.4. The summed E-state index contributed by atoms with van der Waals surface area (Å²) in [5.74, 6) is -3.94. The number of alkyl halides is 6. The summed E-state index contributed by atoms with van der Waals surface area (Å²) in [5, 5.41) is 14.2. The molecule has 234 valence electrons. The first-order valence-electron chi connectivity index (χ1n) is 13.4. The molecule has 15 heteroatoms. The minimum Gasteiger partial charge on any atom is -0.475 e. The number of rotatable bonds is 8. The molecule has 2 N–H and O–H groups in total. The Morgan fingerprint density at radius 2 is 1.45 bits per heavy atom. The molecule has 1 saturated carbocycles. The molecule has 4 fully saturated rings. The number of hydrogen-bond donors (Lipinski definition) is 2. The predicted octanol–water partition coefficient (Wildman–Crippen LogP) is 3.52. The maximum Gasteiger partial charge on any atom is 0.490 e. The van der Waals surface area contributed by atoms with E-state index in [1.54, 1.807) is 0 Å². The van der Waals surface area contributed by atoms with Gasteiger partial charge in [-0.15, -0.1) is 0 Å². The van der Waals surface area contributed by atoms with E-state index >= 15 is 0 Å². The van der Waals surface area contributed by atoms with Crippen molar-refractivity contribution in [2.75, 3.05) is 72.9 Å². The molecule has 3 saturated heterocycles. The molecule has 0 amide bonds. The molecule has 0 radical (unpaired) electrons. The van der Waals surface area contributed by atoms with E-state index in [0.717, 1.165) is 51.5 Å². The van der Waals surface area contributed by atoms with E-state index in [1.165, 1.54) is 64.7 Å². The average Bonchev–Trinajstić information content (AvgIpc) is 3.65. The highest BCUT2D eigenvalue weighted by Crippen LogP contribution is 2.45. The van der Waals surface area contributed by atoms with Crippen LogP contribution in [0.3, 0.4) is 0 Å². The molecule has 1 unspecified atom stereocenters. The lowest BCUT2D eigenvalue weighted by Crippen LogP contribution is -2.50. The van der Waals surface area contributed by atoms with Crippen LogP contribution in [-0.2, 0) is 23.8 Å². The lowest BCUT2D eigenvalue weighted by atomic mass is 9.71. The number of carboxylic acids is 2. The van der Waals surface area contributed by atoms with Crippen LogP contribution in [0.1, 0.15) is 38.5 Å². The summed E-state index contributed by atoms with van der Waals surface area (Å²) in [6.45, 7) is 10.8. The van der Waals surface area contributed by atoms with E-state index in [9.17, 15) is 26.3 Å². The minimum atomic E-state index is -5.08. The van der Waals surface area contributed by atoms with E-state index in [4.69, 9.17) is 34.0 Å². The monoisotopic (exact) mass is 594 g/mol. The van der Waals surface area contributed by atoms with Crippen molar-refractivity contribution >= 4 is 11.9 Å². The second-order valence-electron chi connectivity index (χ2n) is 10.8. The first-order chi connectivity index (χ1) is 18.7. The van der Waals surface area contributed by atoms with Crippen molar-refractivity contribution in [1.29, 1.82) is 0 Å². The van der Waals surface area contributed by atoms with Gasteiger partial charge in [-0.05, 0) is 62.9 Å². The van der Waals surface area contributed by atoms with Gasteiger partial charge in [-0.2, -0.15) is 26.3 Å². The van der Waals surface area contributed by atoms with Crippen LogP contribution in [0.4, 0.5) is 26.3 Å². The number of aliphatic carboxylic acids is 2. The van der Waals surface area contributed by atoms with Crippen LogP contribution in [0, 0.1) is 17.3 Å². The number of ether oxygens (including phenoxy) is 3. The third-order valence-corrected chi connectivity index (χ3v) is 7.85. The zero-order chi connectivity index (χ0) is 30.0. The Hall–Kier alpha value is -1.68. The molecule has 1 spiro atoms. The van der Waals surface area contributed by atoms with Crippen LogP contribution in [0.5, 0.6) is 0 Å². The number of piperidine rings is 1. The van der Waals surface area contributed by atoms with Crippen molar-refractivity contribution in [2.45, 2.75) is 56.9 Å². The van der Waals surface area contributed by atoms with Crippen LogP contribution in [0.15, 0.2) is 0 Å². The highest BCUT2D eigenvalue weighted by molar-refractivity contribution is 5.73. The fourth-order valence-corrected chi connectivity index (χ4v) is 5.38. The Kier molecular flexibility index (Phi) is 13.4. The molecule has 3 aliphatic heterocycles. The summed E-state index contributed by atoms with van der Waals surface area (Å²) in [5.41, 5.74) is 0.471. The van der Waals surface area contributed by atoms with Gasteiger partial charge in [-0.3, -0.25) is 0 Å². The summed E-state index contributed by atoms with van der Waals surface area (Å²) < 4.78 is 80.5. The zero-order valence-electron chi connectivity index (χ0n) is 22.6. The Bertz CT molecular complexity index is 757. The largest absolute Gasteiger partial charge is 0.490 e. The minimum absolute atomic E-state index is 0.471. The third-order valence-electron chi connectivity index (χ3n) is 7.85. The molecular weight excluding hydrogens is 554 g/mol. The van der Waals surface area contributed by atoms with Crippen LogP contribution >= 0.6 is 0 Å². The van der Waals surface area contributed by atoms with Crippen molar-refractivity contribution < 1.29 is 60.4 Å². The maximum atomic E-state index is 10.6. The van der Waals surface area contributed by atoms with E-state index in [0.29, 0.717) is 11.3 Å². The highest BCUT2D eigenvalue weighted by Gasteiger charge is 2.48. The lowest BCUT2D eigenvalue weighted by molar-refractivity contribution is -0.193. The summed E-state index contributed by atoms with van der Waals surface area (Å²) in [7, 11) is 1.81. The molecule has 1 atom stereocenters. The van der Waals surface area contributed by atoms with E-state index < -0.39 is 24.3 Å². The van der Waals surface area contributed by atoms with Gasteiger partial charge in [0.1, 0.15) is 0 Å². The molecule has 4 aliphatic rings. The number of likely N-dealkylation sites (tertiary alicyclic amines) is 2. The van der Waals surface area contributed by atoms with Crippen LogP contribution in [0.2, 0.25) is 0 Å². The van der Waals surface area contributed by atoms with Gasteiger partial charge in [0.2, 0.25) is 0 Å². The topological polar surface area (TPSA) is 109 Å². The molecule has 0 aromatic heterocycles. The molecule has 0 bridgehead atoms. The fraction of sp³-hybridized carbons (Fsp3) is 0.920. The zero-order valence-corrected chi connectivity index (χ0v) is 22.6. The number of nitrogens with zero attached hydrogens (tertiary/aromatic N) is 2. The molecule has 0 aromatic carbocycles.